The second kappa shape index (κ2) is 7.51. The van der Waals surface area contributed by atoms with E-state index in [0.717, 1.165) is 6.07 Å². The van der Waals surface area contributed by atoms with Crippen molar-refractivity contribution in [2.75, 3.05) is 18.2 Å². The highest BCUT2D eigenvalue weighted by molar-refractivity contribution is 7.99. The Morgan fingerprint density at radius 1 is 1.25 bits per heavy atom. The van der Waals surface area contributed by atoms with Crippen molar-refractivity contribution < 1.29 is 18.4 Å². The first-order valence-corrected chi connectivity index (χ1v) is 8.95. The molecule has 0 bridgehead atoms. The maximum atomic E-state index is 13.1. The Morgan fingerprint density at radius 3 is 2.46 bits per heavy atom. The van der Waals surface area contributed by atoms with Crippen molar-refractivity contribution in [2.24, 2.45) is 5.41 Å². The molecular weight excluding hydrogens is 334 g/mol. The Kier molecular flexibility index (Phi) is 5.85. The third-order valence-electron chi connectivity index (χ3n) is 3.72. The first kappa shape index (κ1) is 18.7. The number of nitrogens with one attached hydrogen (secondary N) is 1. The van der Waals surface area contributed by atoms with Crippen LogP contribution in [-0.2, 0) is 16.0 Å². The van der Waals surface area contributed by atoms with Crippen molar-refractivity contribution in [3.63, 3.8) is 0 Å². The Hall–Kier alpha value is -1.63. The summed E-state index contributed by atoms with van der Waals surface area (Å²) in [5, 5.41) is 2.76. The van der Waals surface area contributed by atoms with Crippen molar-refractivity contribution in [1.29, 1.82) is 0 Å². The largest absolute Gasteiger partial charge is 0.354 e. The molecule has 1 heterocycles. The molecule has 2 rings (SSSR count). The van der Waals surface area contributed by atoms with Crippen LogP contribution in [0.2, 0.25) is 0 Å². The summed E-state index contributed by atoms with van der Waals surface area (Å²) in [4.78, 5) is 26.3. The van der Waals surface area contributed by atoms with Crippen LogP contribution in [0.3, 0.4) is 0 Å². The molecule has 0 aromatic heterocycles. The lowest BCUT2D eigenvalue weighted by Crippen LogP contribution is -2.50. The molecule has 1 aromatic carbocycles. The van der Waals surface area contributed by atoms with E-state index < -0.39 is 23.1 Å². The number of hydrogen-bond acceptors (Lipinski definition) is 3. The molecule has 132 valence electrons. The van der Waals surface area contributed by atoms with E-state index in [-0.39, 0.29) is 18.4 Å². The third kappa shape index (κ3) is 4.69. The van der Waals surface area contributed by atoms with Gasteiger partial charge in [0.1, 0.15) is 17.7 Å². The average Bonchev–Trinajstić information content (AvgIpc) is 2.93. The molecule has 1 unspecified atom stereocenters. The van der Waals surface area contributed by atoms with Crippen LogP contribution in [0.15, 0.2) is 18.2 Å². The van der Waals surface area contributed by atoms with Gasteiger partial charge >= 0.3 is 0 Å². The molecule has 1 aliphatic heterocycles. The van der Waals surface area contributed by atoms with Crippen LogP contribution in [-0.4, -0.2) is 40.9 Å². The summed E-state index contributed by atoms with van der Waals surface area (Å²) in [6.07, 6.45) is 0.327. The Bertz CT molecular complexity index is 611. The van der Waals surface area contributed by atoms with Crippen LogP contribution >= 0.6 is 11.8 Å². The van der Waals surface area contributed by atoms with E-state index in [4.69, 9.17) is 0 Å². The number of amides is 2. The lowest BCUT2D eigenvalue weighted by atomic mass is 9.94. The SMILES string of the molecule is CC(C)(C)C(=O)N1CSCC1C(=O)NCCc1cc(F)cc(F)c1. The number of carbonyl (C=O) groups is 2. The summed E-state index contributed by atoms with van der Waals surface area (Å²) >= 11 is 1.54. The third-order valence-corrected chi connectivity index (χ3v) is 4.73. The average molecular weight is 356 g/mol. The maximum Gasteiger partial charge on any atom is 0.243 e. The molecule has 0 aliphatic carbocycles. The quantitative estimate of drug-likeness (QED) is 0.902. The lowest BCUT2D eigenvalue weighted by molar-refractivity contribution is -0.144. The number of rotatable bonds is 4. The first-order chi connectivity index (χ1) is 11.2. The number of halogens is 2. The summed E-state index contributed by atoms with van der Waals surface area (Å²) in [6.45, 7) is 5.74. The van der Waals surface area contributed by atoms with Gasteiger partial charge in [-0.05, 0) is 24.1 Å². The predicted octanol–water partition coefficient (Wildman–Crippen LogP) is 2.57. The fourth-order valence-electron chi connectivity index (χ4n) is 2.49. The smallest absolute Gasteiger partial charge is 0.243 e. The molecule has 1 atom stereocenters. The molecule has 1 aliphatic rings. The second-order valence-electron chi connectivity index (χ2n) is 6.86. The standard InChI is InChI=1S/C17H22F2N2O2S/c1-17(2,3)16(23)21-10-24-9-14(21)15(22)20-5-4-11-6-12(18)8-13(19)7-11/h6-8,14H,4-5,9-10H2,1-3H3,(H,20,22). The maximum absolute atomic E-state index is 13.1. The van der Waals surface area contributed by atoms with Gasteiger partial charge < -0.3 is 10.2 Å². The zero-order valence-electron chi connectivity index (χ0n) is 14.1. The molecule has 7 heteroatoms. The topological polar surface area (TPSA) is 49.4 Å². The summed E-state index contributed by atoms with van der Waals surface area (Å²) < 4.78 is 26.3. The summed E-state index contributed by atoms with van der Waals surface area (Å²) in [6, 6.07) is 2.81. The highest BCUT2D eigenvalue weighted by Crippen LogP contribution is 2.27. The first-order valence-electron chi connectivity index (χ1n) is 7.80. The molecule has 0 radical (unpaired) electrons. The Labute approximate surface area is 145 Å². The van der Waals surface area contributed by atoms with Crippen LogP contribution < -0.4 is 5.32 Å². The van der Waals surface area contributed by atoms with Crippen LogP contribution in [0.4, 0.5) is 8.78 Å². The summed E-state index contributed by atoms with van der Waals surface area (Å²) in [7, 11) is 0. The number of hydrogen-bond donors (Lipinski definition) is 1. The molecule has 24 heavy (non-hydrogen) atoms. The van der Waals surface area contributed by atoms with Crippen molar-refractivity contribution in [3.8, 4) is 0 Å². The summed E-state index contributed by atoms with van der Waals surface area (Å²) in [5.74, 6) is -0.490. The number of nitrogens with zero attached hydrogens (tertiary/aromatic N) is 1. The minimum atomic E-state index is -0.634. The van der Waals surface area contributed by atoms with E-state index >= 15 is 0 Å². The fourth-order valence-corrected chi connectivity index (χ4v) is 3.65. The predicted molar refractivity (Wildman–Crippen MR) is 90.5 cm³/mol. The number of thioether (sulfide) groups is 1. The minimum Gasteiger partial charge on any atom is -0.354 e. The van der Waals surface area contributed by atoms with Gasteiger partial charge in [0, 0.05) is 23.8 Å². The molecule has 1 saturated heterocycles. The van der Waals surface area contributed by atoms with Gasteiger partial charge in [0.25, 0.3) is 0 Å². The molecule has 0 spiro atoms. The zero-order valence-corrected chi connectivity index (χ0v) is 14.9. The summed E-state index contributed by atoms with van der Waals surface area (Å²) in [5.41, 5.74) is -0.0566. The Balaban J connectivity index is 1.91. The number of carbonyl (C=O) groups excluding carboxylic acids is 2. The second-order valence-corrected chi connectivity index (χ2v) is 7.86. The molecule has 1 N–H and O–H groups in total. The van der Waals surface area contributed by atoms with E-state index in [0.29, 0.717) is 23.6 Å². The Morgan fingerprint density at radius 2 is 1.88 bits per heavy atom. The molecule has 4 nitrogen and oxygen atoms in total. The van der Waals surface area contributed by atoms with Crippen LogP contribution in [0, 0.1) is 17.0 Å². The van der Waals surface area contributed by atoms with Crippen molar-refractivity contribution >= 4 is 23.6 Å². The van der Waals surface area contributed by atoms with Crippen LogP contribution in [0.5, 0.6) is 0 Å². The van der Waals surface area contributed by atoms with E-state index in [1.165, 1.54) is 12.1 Å². The van der Waals surface area contributed by atoms with Crippen LogP contribution in [0.1, 0.15) is 26.3 Å². The van der Waals surface area contributed by atoms with Crippen molar-refractivity contribution in [2.45, 2.75) is 33.2 Å². The van der Waals surface area contributed by atoms with E-state index in [1.807, 2.05) is 20.8 Å². The lowest BCUT2D eigenvalue weighted by Gasteiger charge is -2.29. The van der Waals surface area contributed by atoms with E-state index in [2.05, 4.69) is 5.32 Å². The van der Waals surface area contributed by atoms with Gasteiger partial charge in [-0.15, -0.1) is 11.8 Å². The van der Waals surface area contributed by atoms with Gasteiger partial charge in [0.2, 0.25) is 11.8 Å². The van der Waals surface area contributed by atoms with Gasteiger partial charge in [-0.3, -0.25) is 9.59 Å². The van der Waals surface area contributed by atoms with E-state index in [1.54, 1.807) is 16.7 Å². The minimum absolute atomic E-state index is 0.0557. The highest BCUT2D eigenvalue weighted by Gasteiger charge is 2.38. The molecule has 1 fully saturated rings. The monoisotopic (exact) mass is 356 g/mol. The van der Waals surface area contributed by atoms with Gasteiger partial charge in [-0.2, -0.15) is 0 Å². The molecule has 0 saturated carbocycles. The molecule has 2 amide bonds. The van der Waals surface area contributed by atoms with E-state index in [9.17, 15) is 18.4 Å². The van der Waals surface area contributed by atoms with Gasteiger partial charge in [0.15, 0.2) is 0 Å². The number of benzene rings is 1. The molecular formula is C17H22F2N2O2S. The fraction of sp³-hybridized carbons (Fsp3) is 0.529. The normalized spacial score (nSPS) is 17.9. The van der Waals surface area contributed by atoms with Crippen molar-refractivity contribution in [1.82, 2.24) is 10.2 Å². The van der Waals surface area contributed by atoms with Crippen LogP contribution in [0.25, 0.3) is 0 Å². The van der Waals surface area contributed by atoms with Gasteiger partial charge in [-0.1, -0.05) is 20.8 Å². The van der Waals surface area contributed by atoms with Gasteiger partial charge in [-0.25, -0.2) is 8.78 Å². The van der Waals surface area contributed by atoms with Gasteiger partial charge in [0.05, 0.1) is 5.88 Å². The molecule has 1 aromatic rings. The highest BCUT2D eigenvalue weighted by atomic mass is 32.2. The van der Waals surface area contributed by atoms with Crippen molar-refractivity contribution in [3.05, 3.63) is 35.4 Å². The zero-order chi connectivity index (χ0) is 17.9.